The molecule has 6 heteroatoms. The molecule has 20 heavy (non-hydrogen) atoms. The summed E-state index contributed by atoms with van der Waals surface area (Å²) in [6.45, 7) is 2.18. The van der Waals surface area contributed by atoms with Crippen LogP contribution < -0.4 is 5.11 Å². The molecule has 0 aliphatic carbocycles. The predicted octanol–water partition coefficient (Wildman–Crippen LogP) is -0.538. The molecule has 2 unspecified atom stereocenters. The quantitative estimate of drug-likeness (QED) is 0.350. The van der Waals surface area contributed by atoms with Crippen molar-refractivity contribution in [2.45, 2.75) is 38.4 Å². The number of nitrogens with zero attached hydrogens (tertiary/aromatic N) is 1. The number of carboxylic acids is 1. The normalized spacial score (nSPS) is 15.1. The zero-order valence-electron chi connectivity index (χ0n) is 12.7. The maximum absolute atomic E-state index is 11.7. The number of likely N-dealkylation sites (N-methyl/N-ethyl adjacent to an activating group) is 1. The standard InChI is InChI=1S/C14H25NO5/c1-5-6-7-8-12(16)14(19)20-11(9-13(17)18)10-15(2,3)4/h5-6,11-12,16H,7-10H2,1-4H3/b6-5+. The zero-order chi connectivity index (χ0) is 15.8. The Kier molecular flexibility index (Phi) is 8.10. The number of ether oxygens (including phenoxy) is 1. The van der Waals surface area contributed by atoms with E-state index >= 15 is 0 Å². The van der Waals surface area contributed by atoms with Crippen molar-refractivity contribution in [1.29, 1.82) is 0 Å². The van der Waals surface area contributed by atoms with Crippen LogP contribution in [0.4, 0.5) is 0 Å². The van der Waals surface area contributed by atoms with Gasteiger partial charge in [-0.25, -0.2) is 4.79 Å². The molecule has 0 bridgehead atoms. The Balaban J connectivity index is 4.47. The van der Waals surface area contributed by atoms with E-state index in [0.717, 1.165) is 0 Å². The highest BCUT2D eigenvalue weighted by Gasteiger charge is 2.25. The number of carbonyl (C=O) groups is 2. The maximum Gasteiger partial charge on any atom is 0.335 e. The molecule has 0 rings (SSSR count). The topological polar surface area (TPSA) is 86.7 Å². The van der Waals surface area contributed by atoms with E-state index in [1.54, 1.807) is 0 Å². The average Bonchev–Trinajstić information content (AvgIpc) is 2.25. The number of esters is 1. The van der Waals surface area contributed by atoms with Gasteiger partial charge in [0.05, 0.1) is 21.1 Å². The number of allylic oxidation sites excluding steroid dienone is 2. The Morgan fingerprint density at radius 2 is 1.95 bits per heavy atom. The van der Waals surface area contributed by atoms with Crippen LogP contribution in [0.25, 0.3) is 0 Å². The van der Waals surface area contributed by atoms with Gasteiger partial charge in [0.2, 0.25) is 0 Å². The summed E-state index contributed by atoms with van der Waals surface area (Å²) in [4.78, 5) is 22.4. The van der Waals surface area contributed by atoms with Crippen LogP contribution in [0.3, 0.4) is 0 Å². The molecule has 6 nitrogen and oxygen atoms in total. The van der Waals surface area contributed by atoms with E-state index in [0.29, 0.717) is 17.4 Å². The summed E-state index contributed by atoms with van der Waals surface area (Å²) in [6, 6.07) is 0. The van der Waals surface area contributed by atoms with E-state index in [2.05, 4.69) is 0 Å². The highest BCUT2D eigenvalue weighted by molar-refractivity contribution is 5.75. The Morgan fingerprint density at radius 3 is 2.40 bits per heavy atom. The van der Waals surface area contributed by atoms with E-state index in [1.807, 2.05) is 40.2 Å². The van der Waals surface area contributed by atoms with Gasteiger partial charge in [-0.05, 0) is 19.8 Å². The summed E-state index contributed by atoms with van der Waals surface area (Å²) in [5.41, 5.74) is 0. The molecular formula is C14H25NO5. The van der Waals surface area contributed by atoms with Crippen LogP contribution in [0, 0.1) is 0 Å². The zero-order valence-corrected chi connectivity index (χ0v) is 12.7. The number of carboxylic acid groups (broad SMARTS) is 1. The van der Waals surface area contributed by atoms with Crippen molar-refractivity contribution in [2.75, 3.05) is 27.7 Å². The first-order valence-electron chi connectivity index (χ1n) is 6.65. The molecule has 0 aromatic heterocycles. The van der Waals surface area contributed by atoms with Gasteiger partial charge in [0, 0.05) is 12.4 Å². The fourth-order valence-electron chi connectivity index (χ4n) is 1.72. The van der Waals surface area contributed by atoms with Gasteiger partial charge in [-0.15, -0.1) is 0 Å². The molecule has 1 N–H and O–H groups in total. The minimum Gasteiger partial charge on any atom is -0.550 e. The third-order valence-corrected chi connectivity index (χ3v) is 2.54. The predicted molar refractivity (Wildman–Crippen MR) is 72.5 cm³/mol. The van der Waals surface area contributed by atoms with Crippen molar-refractivity contribution in [3.8, 4) is 0 Å². The van der Waals surface area contributed by atoms with E-state index in [-0.39, 0.29) is 12.8 Å². The smallest absolute Gasteiger partial charge is 0.335 e. The van der Waals surface area contributed by atoms with Crippen LogP contribution in [0.5, 0.6) is 0 Å². The van der Waals surface area contributed by atoms with Crippen molar-refractivity contribution < 1.29 is 29.0 Å². The second-order valence-corrected chi connectivity index (χ2v) is 5.77. The number of quaternary nitrogens is 1. The van der Waals surface area contributed by atoms with Gasteiger partial charge in [0.15, 0.2) is 12.2 Å². The van der Waals surface area contributed by atoms with Crippen LogP contribution in [-0.4, -0.2) is 61.4 Å². The second kappa shape index (κ2) is 8.71. The van der Waals surface area contributed by atoms with Gasteiger partial charge in [-0.2, -0.15) is 0 Å². The van der Waals surface area contributed by atoms with Gasteiger partial charge >= 0.3 is 5.97 Å². The fraction of sp³-hybridized carbons (Fsp3) is 0.714. The van der Waals surface area contributed by atoms with Crippen LogP contribution in [0.2, 0.25) is 0 Å². The van der Waals surface area contributed by atoms with Crippen LogP contribution in [0.1, 0.15) is 26.2 Å². The molecule has 0 amide bonds. The van der Waals surface area contributed by atoms with Gasteiger partial charge in [0.25, 0.3) is 0 Å². The molecule has 2 atom stereocenters. The minimum atomic E-state index is -1.28. The molecule has 116 valence electrons. The third-order valence-electron chi connectivity index (χ3n) is 2.54. The van der Waals surface area contributed by atoms with E-state index in [4.69, 9.17) is 4.74 Å². The number of rotatable bonds is 9. The monoisotopic (exact) mass is 287 g/mol. The number of aliphatic carboxylic acids is 1. The first-order chi connectivity index (χ1) is 9.15. The third kappa shape index (κ3) is 9.52. The Hall–Kier alpha value is -1.40. The van der Waals surface area contributed by atoms with Gasteiger partial charge in [-0.3, -0.25) is 0 Å². The summed E-state index contributed by atoms with van der Waals surface area (Å²) >= 11 is 0. The van der Waals surface area contributed by atoms with Crippen molar-refractivity contribution in [3.63, 3.8) is 0 Å². The highest BCUT2D eigenvalue weighted by Crippen LogP contribution is 2.08. The first-order valence-corrected chi connectivity index (χ1v) is 6.65. The van der Waals surface area contributed by atoms with E-state index < -0.39 is 24.1 Å². The number of hydrogen-bond acceptors (Lipinski definition) is 5. The molecule has 0 aliphatic rings. The van der Waals surface area contributed by atoms with Crippen LogP contribution in [0.15, 0.2) is 12.2 Å². The van der Waals surface area contributed by atoms with Gasteiger partial charge in [0.1, 0.15) is 6.54 Å². The lowest BCUT2D eigenvalue weighted by Gasteiger charge is -2.29. The minimum absolute atomic E-state index is 0.256. The summed E-state index contributed by atoms with van der Waals surface area (Å²) < 4.78 is 5.52. The average molecular weight is 287 g/mol. The molecule has 0 saturated heterocycles. The van der Waals surface area contributed by atoms with Crippen molar-refractivity contribution >= 4 is 11.9 Å². The highest BCUT2D eigenvalue weighted by atomic mass is 16.6. The molecule has 0 aliphatic heterocycles. The largest absolute Gasteiger partial charge is 0.550 e. The molecule has 0 radical (unpaired) electrons. The molecule has 0 heterocycles. The SMILES string of the molecule is C/C=C/CCC(O)C(=O)OC(CC(=O)[O-])C[N+](C)(C)C. The Labute approximate surface area is 120 Å². The van der Waals surface area contributed by atoms with Crippen LogP contribution in [-0.2, 0) is 14.3 Å². The van der Waals surface area contributed by atoms with Gasteiger partial charge in [-0.1, -0.05) is 12.2 Å². The number of aliphatic hydroxyl groups is 1. The van der Waals surface area contributed by atoms with E-state index in [1.165, 1.54) is 0 Å². The van der Waals surface area contributed by atoms with Gasteiger partial charge < -0.3 is 24.2 Å². The van der Waals surface area contributed by atoms with Crippen molar-refractivity contribution in [1.82, 2.24) is 0 Å². The second-order valence-electron chi connectivity index (χ2n) is 5.77. The number of carbonyl (C=O) groups excluding carboxylic acids is 2. The lowest BCUT2D eigenvalue weighted by atomic mass is 10.2. The molecule has 0 spiro atoms. The summed E-state index contributed by atoms with van der Waals surface area (Å²) in [7, 11) is 5.58. The maximum atomic E-state index is 11.7. The molecule has 0 aromatic rings. The molecule has 0 saturated carbocycles. The van der Waals surface area contributed by atoms with Crippen LogP contribution >= 0.6 is 0 Å². The first kappa shape index (κ1) is 18.6. The lowest BCUT2D eigenvalue weighted by molar-refractivity contribution is -0.873. The fourth-order valence-corrected chi connectivity index (χ4v) is 1.72. The molecule has 0 fully saturated rings. The van der Waals surface area contributed by atoms with Crippen molar-refractivity contribution in [2.24, 2.45) is 0 Å². The Morgan fingerprint density at radius 1 is 1.35 bits per heavy atom. The summed E-state index contributed by atoms with van der Waals surface area (Å²) in [5.74, 6) is -2.06. The summed E-state index contributed by atoms with van der Waals surface area (Å²) in [5, 5.41) is 20.3. The summed E-state index contributed by atoms with van der Waals surface area (Å²) in [6.07, 6.45) is 2.07. The van der Waals surface area contributed by atoms with Crippen molar-refractivity contribution in [3.05, 3.63) is 12.2 Å². The Bertz CT molecular complexity index is 346. The van der Waals surface area contributed by atoms with E-state index in [9.17, 15) is 19.8 Å². The molecular weight excluding hydrogens is 262 g/mol. The number of aliphatic hydroxyl groups excluding tert-OH is 1. The molecule has 0 aromatic carbocycles. The lowest BCUT2D eigenvalue weighted by Crippen LogP contribution is -2.46. The number of hydrogen-bond donors (Lipinski definition) is 1.